The first-order valence-electron chi connectivity index (χ1n) is 9.75. The van der Waals surface area contributed by atoms with Crippen LogP contribution in [0, 0.1) is 0 Å². The van der Waals surface area contributed by atoms with E-state index in [2.05, 4.69) is 9.97 Å². The van der Waals surface area contributed by atoms with Crippen LogP contribution >= 0.6 is 0 Å². The van der Waals surface area contributed by atoms with Gasteiger partial charge in [0, 0.05) is 17.2 Å². The van der Waals surface area contributed by atoms with Crippen molar-refractivity contribution in [2.24, 2.45) is 0 Å². The second kappa shape index (κ2) is 8.90. The number of ketones is 1. The molecule has 0 saturated carbocycles. The van der Waals surface area contributed by atoms with Gasteiger partial charge in [0.2, 0.25) is 5.91 Å². The molecule has 0 unspecified atom stereocenters. The first-order chi connectivity index (χ1) is 14.3. The smallest absolute Gasteiger partial charge is 0.258 e. The highest BCUT2D eigenvalue weighted by molar-refractivity contribution is 5.94. The van der Waals surface area contributed by atoms with Gasteiger partial charge >= 0.3 is 0 Å². The highest BCUT2D eigenvalue weighted by atomic mass is 16.5. The molecule has 7 nitrogen and oxygen atoms in total. The number of aromatic amines is 1. The van der Waals surface area contributed by atoms with E-state index in [4.69, 9.17) is 4.74 Å². The summed E-state index contributed by atoms with van der Waals surface area (Å²) < 4.78 is 5.36. The molecule has 2 aromatic carbocycles. The largest absolute Gasteiger partial charge is 0.496 e. The summed E-state index contributed by atoms with van der Waals surface area (Å²) in [7, 11) is 1.53. The van der Waals surface area contributed by atoms with Crippen molar-refractivity contribution < 1.29 is 14.3 Å². The van der Waals surface area contributed by atoms with Crippen molar-refractivity contribution in [2.75, 3.05) is 7.11 Å². The predicted octanol–water partition coefficient (Wildman–Crippen LogP) is 3.11. The zero-order valence-electron chi connectivity index (χ0n) is 17.6. The summed E-state index contributed by atoms with van der Waals surface area (Å²) in [4.78, 5) is 46.1. The number of H-pyrrole nitrogens is 1. The quantitative estimate of drug-likeness (QED) is 0.608. The van der Waals surface area contributed by atoms with E-state index in [9.17, 15) is 14.4 Å². The van der Waals surface area contributed by atoms with Crippen LogP contribution in [0.2, 0.25) is 0 Å². The maximum Gasteiger partial charge on any atom is 0.258 e. The van der Waals surface area contributed by atoms with Gasteiger partial charge in [0.15, 0.2) is 5.78 Å². The second-order valence-electron chi connectivity index (χ2n) is 7.40. The van der Waals surface area contributed by atoms with Crippen molar-refractivity contribution in [3.05, 3.63) is 69.8 Å². The monoisotopic (exact) mass is 407 g/mol. The number of benzene rings is 2. The molecule has 1 amide bonds. The number of nitrogens with zero attached hydrogens (tertiary/aromatic N) is 2. The molecule has 0 saturated heterocycles. The van der Waals surface area contributed by atoms with E-state index in [0.29, 0.717) is 33.6 Å². The average Bonchev–Trinajstić information content (AvgIpc) is 2.71. The number of Topliss-reactive ketones (excluding diaryl/α,β-unsaturated/α-hetero) is 1. The van der Waals surface area contributed by atoms with Crippen LogP contribution in [0.1, 0.15) is 42.5 Å². The molecule has 0 aliphatic heterocycles. The molecule has 3 aromatic rings. The normalized spacial score (nSPS) is 11.0. The number of rotatable bonds is 7. The minimum absolute atomic E-state index is 0.0697. The van der Waals surface area contributed by atoms with Gasteiger partial charge in [-0.25, -0.2) is 4.98 Å². The Morgan fingerprint density at radius 1 is 1.17 bits per heavy atom. The number of fused-ring (bicyclic) bond motifs is 1. The van der Waals surface area contributed by atoms with Crippen molar-refractivity contribution in [2.45, 2.75) is 39.8 Å². The molecule has 0 radical (unpaired) electrons. The minimum atomic E-state index is -0.234. The highest BCUT2D eigenvalue weighted by Gasteiger charge is 2.21. The van der Waals surface area contributed by atoms with Gasteiger partial charge in [-0.15, -0.1) is 0 Å². The summed E-state index contributed by atoms with van der Waals surface area (Å²) in [5, 5.41) is 0.509. The van der Waals surface area contributed by atoms with Crippen molar-refractivity contribution in [3.8, 4) is 5.75 Å². The number of amides is 1. The predicted molar refractivity (Wildman–Crippen MR) is 115 cm³/mol. The lowest BCUT2D eigenvalue weighted by atomic mass is 10.0. The van der Waals surface area contributed by atoms with Crippen LogP contribution in [0.15, 0.2) is 47.3 Å². The lowest BCUT2D eigenvalue weighted by Crippen LogP contribution is -2.38. The Kier molecular flexibility index (Phi) is 6.30. The maximum atomic E-state index is 13.1. The Morgan fingerprint density at radius 2 is 1.90 bits per heavy atom. The van der Waals surface area contributed by atoms with Crippen molar-refractivity contribution in [1.29, 1.82) is 0 Å². The molecule has 30 heavy (non-hydrogen) atoms. The summed E-state index contributed by atoms with van der Waals surface area (Å²) in [6, 6.07) is 12.0. The van der Waals surface area contributed by atoms with Crippen LogP contribution in [-0.2, 0) is 17.8 Å². The molecule has 1 aromatic heterocycles. The first kappa shape index (κ1) is 21.2. The number of nitrogens with one attached hydrogen (secondary N) is 1. The molecule has 3 rings (SSSR count). The summed E-state index contributed by atoms with van der Waals surface area (Å²) in [6.07, 6.45) is 0.0697. The van der Waals surface area contributed by atoms with Crippen molar-refractivity contribution in [3.63, 3.8) is 0 Å². The Bertz CT molecular complexity index is 1150. The third-order valence-corrected chi connectivity index (χ3v) is 4.95. The maximum absolute atomic E-state index is 13.1. The molecule has 0 aliphatic carbocycles. The molecule has 0 spiro atoms. The van der Waals surface area contributed by atoms with Crippen LogP contribution in [0.3, 0.4) is 0 Å². The van der Waals surface area contributed by atoms with Crippen LogP contribution < -0.4 is 10.3 Å². The summed E-state index contributed by atoms with van der Waals surface area (Å²) in [5.41, 5.74) is 1.52. The highest BCUT2D eigenvalue weighted by Crippen LogP contribution is 2.22. The fourth-order valence-electron chi connectivity index (χ4n) is 3.33. The molecule has 156 valence electrons. The molecule has 0 aliphatic rings. The van der Waals surface area contributed by atoms with Gasteiger partial charge in [-0.1, -0.05) is 12.1 Å². The van der Waals surface area contributed by atoms with Crippen LogP contribution in [0.5, 0.6) is 5.75 Å². The fourth-order valence-corrected chi connectivity index (χ4v) is 3.33. The molecule has 1 heterocycles. The number of carbonyl (C=O) groups is 2. The van der Waals surface area contributed by atoms with Crippen LogP contribution in [0.4, 0.5) is 0 Å². The third-order valence-electron chi connectivity index (χ3n) is 4.95. The van der Waals surface area contributed by atoms with Crippen molar-refractivity contribution in [1.82, 2.24) is 14.9 Å². The number of hydrogen-bond donors (Lipinski definition) is 1. The molecular weight excluding hydrogens is 382 g/mol. The molecule has 7 heteroatoms. The van der Waals surface area contributed by atoms with Crippen molar-refractivity contribution >= 4 is 22.6 Å². The number of ether oxygens (including phenoxy) is 1. The Labute approximate surface area is 174 Å². The standard InChI is InChI=1S/C23H25N3O4/c1-14(2)26(13-21-24-19-8-6-5-7-18(19)23(29)25-21)22(28)12-17-11-16(15(3)27)9-10-20(17)30-4/h5-11,14H,12-13H2,1-4H3,(H,24,25,29). The topological polar surface area (TPSA) is 92.4 Å². The average molecular weight is 407 g/mol. The Hall–Kier alpha value is -3.48. The lowest BCUT2D eigenvalue weighted by Gasteiger charge is -2.27. The second-order valence-corrected chi connectivity index (χ2v) is 7.40. The van der Waals surface area contributed by atoms with Gasteiger partial charge in [-0.05, 0) is 51.1 Å². The Morgan fingerprint density at radius 3 is 2.57 bits per heavy atom. The van der Waals surface area contributed by atoms with E-state index in [1.165, 1.54) is 14.0 Å². The zero-order valence-corrected chi connectivity index (χ0v) is 17.6. The van der Waals surface area contributed by atoms with Crippen LogP contribution in [-0.4, -0.2) is 39.7 Å². The van der Waals surface area contributed by atoms with Crippen LogP contribution in [0.25, 0.3) is 10.9 Å². The fraction of sp³-hybridized carbons (Fsp3) is 0.304. The van der Waals surface area contributed by atoms with E-state index in [1.807, 2.05) is 19.9 Å². The minimum Gasteiger partial charge on any atom is -0.496 e. The summed E-state index contributed by atoms with van der Waals surface area (Å²) in [6.45, 7) is 5.46. The van der Waals surface area contributed by atoms with Gasteiger partial charge < -0.3 is 14.6 Å². The van der Waals surface area contributed by atoms with E-state index >= 15 is 0 Å². The molecule has 0 fully saturated rings. The number of aromatic nitrogens is 2. The number of methoxy groups -OCH3 is 1. The number of carbonyl (C=O) groups excluding carboxylic acids is 2. The van der Waals surface area contributed by atoms with E-state index < -0.39 is 0 Å². The van der Waals surface area contributed by atoms with Gasteiger partial charge in [-0.3, -0.25) is 14.4 Å². The van der Waals surface area contributed by atoms with E-state index in [0.717, 1.165) is 0 Å². The summed E-state index contributed by atoms with van der Waals surface area (Å²) >= 11 is 0. The SMILES string of the molecule is COc1ccc(C(C)=O)cc1CC(=O)N(Cc1nc2ccccc2c(=O)[nH]1)C(C)C. The van der Waals surface area contributed by atoms with Gasteiger partial charge in [0.05, 0.1) is 31.0 Å². The zero-order chi connectivity index (χ0) is 21.8. The number of hydrogen-bond acceptors (Lipinski definition) is 5. The van der Waals surface area contributed by atoms with E-state index in [1.54, 1.807) is 41.3 Å². The molecule has 1 N–H and O–H groups in total. The Balaban J connectivity index is 1.89. The van der Waals surface area contributed by atoms with Gasteiger partial charge in [0.25, 0.3) is 5.56 Å². The van der Waals surface area contributed by atoms with Gasteiger partial charge in [-0.2, -0.15) is 0 Å². The van der Waals surface area contributed by atoms with E-state index in [-0.39, 0.29) is 36.3 Å². The number of para-hydroxylation sites is 1. The van der Waals surface area contributed by atoms with Gasteiger partial charge in [0.1, 0.15) is 11.6 Å². The first-order valence-corrected chi connectivity index (χ1v) is 9.75. The summed E-state index contributed by atoms with van der Waals surface area (Å²) in [5.74, 6) is 0.740. The molecular formula is C23H25N3O4. The third kappa shape index (κ3) is 4.56. The molecule has 0 bridgehead atoms. The molecule has 0 atom stereocenters. The lowest BCUT2D eigenvalue weighted by molar-refractivity contribution is -0.133.